The highest BCUT2D eigenvalue weighted by atomic mass is 35.5. The lowest BCUT2D eigenvalue weighted by molar-refractivity contribution is 0.433. The van der Waals surface area contributed by atoms with E-state index in [1.165, 1.54) is 5.56 Å². The summed E-state index contributed by atoms with van der Waals surface area (Å²) in [5, 5.41) is 11.6. The minimum atomic E-state index is -0.305. The van der Waals surface area contributed by atoms with Crippen LogP contribution in [0.4, 0.5) is 0 Å². The second-order valence-corrected chi connectivity index (χ2v) is 5.50. The molecule has 22 heavy (non-hydrogen) atoms. The summed E-state index contributed by atoms with van der Waals surface area (Å²) in [5.41, 5.74) is 2.94. The second kappa shape index (κ2) is 5.00. The van der Waals surface area contributed by atoms with Crippen molar-refractivity contribution in [3.05, 3.63) is 65.4 Å². The minimum Gasteiger partial charge on any atom is -0.479 e. The molecule has 0 atom stereocenters. The van der Waals surface area contributed by atoms with Crippen LogP contribution in [0.2, 0.25) is 5.15 Å². The first-order valence-corrected chi connectivity index (χ1v) is 7.28. The van der Waals surface area contributed by atoms with Crippen molar-refractivity contribution in [3.63, 3.8) is 0 Å². The smallest absolute Gasteiger partial charge is 0.315 e. The van der Waals surface area contributed by atoms with E-state index in [9.17, 15) is 5.11 Å². The Morgan fingerprint density at radius 1 is 0.955 bits per heavy atom. The topological polar surface area (TPSA) is 50.9 Å². The zero-order valence-electron chi connectivity index (χ0n) is 11.6. The molecule has 0 amide bonds. The molecule has 5 heteroatoms. The Kier molecular flexibility index (Phi) is 2.98. The first-order valence-electron chi connectivity index (χ1n) is 6.90. The van der Waals surface area contributed by atoms with E-state index in [1.807, 2.05) is 42.6 Å². The van der Waals surface area contributed by atoms with Gasteiger partial charge in [-0.3, -0.25) is 0 Å². The van der Waals surface area contributed by atoms with Gasteiger partial charge in [0.25, 0.3) is 0 Å². The third kappa shape index (κ3) is 2.09. The average molecular weight is 310 g/mol. The van der Waals surface area contributed by atoms with Gasteiger partial charge in [0, 0.05) is 23.5 Å². The van der Waals surface area contributed by atoms with E-state index >= 15 is 0 Å². The van der Waals surface area contributed by atoms with Crippen LogP contribution >= 0.6 is 11.6 Å². The van der Waals surface area contributed by atoms with Gasteiger partial charge in [0.15, 0.2) is 0 Å². The predicted molar refractivity (Wildman–Crippen MR) is 87.3 cm³/mol. The highest BCUT2D eigenvalue weighted by Crippen LogP contribution is 2.30. The van der Waals surface area contributed by atoms with Gasteiger partial charge in [-0.15, -0.1) is 0 Å². The Hall–Kier alpha value is -2.59. The lowest BCUT2D eigenvalue weighted by atomic mass is 10.1. The molecule has 0 spiro atoms. The van der Waals surface area contributed by atoms with Gasteiger partial charge in [-0.1, -0.05) is 41.9 Å². The van der Waals surface area contributed by atoms with Crippen molar-refractivity contribution >= 4 is 33.4 Å². The number of aromatic hydroxyl groups is 1. The van der Waals surface area contributed by atoms with Crippen LogP contribution < -0.4 is 0 Å². The molecular weight excluding hydrogens is 298 g/mol. The molecule has 4 rings (SSSR count). The number of hydrogen-bond donors (Lipinski definition) is 1. The van der Waals surface area contributed by atoms with Crippen molar-refractivity contribution in [1.82, 2.24) is 14.5 Å². The van der Waals surface area contributed by atoms with E-state index in [1.54, 1.807) is 0 Å². The maximum Gasteiger partial charge on any atom is 0.315 e. The van der Waals surface area contributed by atoms with Gasteiger partial charge < -0.3 is 9.67 Å². The molecule has 1 N–H and O–H groups in total. The number of rotatable bonds is 2. The summed E-state index contributed by atoms with van der Waals surface area (Å²) in [6, 6.07) is 15.8. The van der Waals surface area contributed by atoms with Gasteiger partial charge in [-0.25, -0.2) is 0 Å². The maximum atomic E-state index is 9.60. The minimum absolute atomic E-state index is 0.264. The Labute approximate surface area is 131 Å². The fraction of sp³-hybridized carbons (Fsp3) is 0.0588. The molecule has 0 aliphatic carbocycles. The molecule has 0 saturated heterocycles. The van der Waals surface area contributed by atoms with Crippen molar-refractivity contribution in [2.75, 3.05) is 0 Å². The van der Waals surface area contributed by atoms with Crippen molar-refractivity contribution in [3.8, 4) is 6.01 Å². The largest absolute Gasteiger partial charge is 0.479 e. The van der Waals surface area contributed by atoms with Crippen LogP contribution in [0.1, 0.15) is 5.56 Å². The fourth-order valence-corrected chi connectivity index (χ4v) is 2.96. The number of benzene rings is 2. The molecule has 0 bridgehead atoms. The number of nitrogens with zero attached hydrogens (tertiary/aromatic N) is 3. The molecule has 108 valence electrons. The predicted octanol–water partition coefficient (Wildman–Crippen LogP) is 3.99. The molecule has 0 saturated carbocycles. The zero-order valence-corrected chi connectivity index (χ0v) is 12.3. The van der Waals surface area contributed by atoms with Crippen LogP contribution in [0.3, 0.4) is 0 Å². The normalized spacial score (nSPS) is 11.3. The molecule has 0 aliphatic rings. The molecule has 0 fully saturated rings. The number of halogens is 1. The van der Waals surface area contributed by atoms with Gasteiger partial charge in [0.2, 0.25) is 0 Å². The lowest BCUT2D eigenvalue weighted by Gasteiger charge is -2.07. The molecule has 0 unspecified atom stereocenters. The third-order valence-corrected chi connectivity index (χ3v) is 4.04. The number of fused-ring (bicyclic) bond motifs is 3. The summed E-state index contributed by atoms with van der Waals surface area (Å²) < 4.78 is 2.15. The summed E-state index contributed by atoms with van der Waals surface area (Å²) in [6.45, 7) is 0.778. The van der Waals surface area contributed by atoms with E-state index in [2.05, 4.69) is 26.7 Å². The van der Waals surface area contributed by atoms with Gasteiger partial charge >= 0.3 is 6.01 Å². The summed E-state index contributed by atoms with van der Waals surface area (Å²) in [7, 11) is 0. The number of aromatic nitrogens is 3. The van der Waals surface area contributed by atoms with E-state index in [0.29, 0.717) is 5.52 Å². The SMILES string of the molecule is Oc1nc(Cl)c2ccc3c(ccn3Cc3ccccc3)c2n1. The van der Waals surface area contributed by atoms with E-state index in [-0.39, 0.29) is 11.2 Å². The fourth-order valence-electron chi connectivity index (χ4n) is 2.73. The van der Waals surface area contributed by atoms with E-state index in [0.717, 1.165) is 22.8 Å². The van der Waals surface area contributed by atoms with Crippen LogP contribution in [0, 0.1) is 0 Å². The molecule has 2 aromatic carbocycles. The van der Waals surface area contributed by atoms with Crippen LogP contribution in [-0.2, 0) is 6.54 Å². The average Bonchev–Trinajstić information content (AvgIpc) is 2.92. The Morgan fingerprint density at radius 3 is 2.59 bits per heavy atom. The van der Waals surface area contributed by atoms with Crippen LogP contribution in [0.25, 0.3) is 21.8 Å². The summed E-state index contributed by atoms with van der Waals surface area (Å²) in [6.07, 6.45) is 2.02. The van der Waals surface area contributed by atoms with Gasteiger partial charge in [-0.2, -0.15) is 9.97 Å². The highest BCUT2D eigenvalue weighted by Gasteiger charge is 2.11. The molecule has 4 nitrogen and oxygen atoms in total. The molecule has 0 aliphatic heterocycles. The lowest BCUT2D eigenvalue weighted by Crippen LogP contribution is -1.97. The third-order valence-electron chi connectivity index (χ3n) is 3.75. The first-order chi connectivity index (χ1) is 10.7. The summed E-state index contributed by atoms with van der Waals surface area (Å²) in [4.78, 5) is 7.92. The van der Waals surface area contributed by atoms with Crippen molar-refractivity contribution in [2.24, 2.45) is 0 Å². The van der Waals surface area contributed by atoms with Crippen molar-refractivity contribution in [2.45, 2.75) is 6.54 Å². The van der Waals surface area contributed by atoms with Gasteiger partial charge in [0.05, 0.1) is 11.0 Å². The van der Waals surface area contributed by atoms with Crippen LogP contribution in [0.5, 0.6) is 6.01 Å². The van der Waals surface area contributed by atoms with Crippen molar-refractivity contribution in [1.29, 1.82) is 0 Å². The van der Waals surface area contributed by atoms with Crippen LogP contribution in [-0.4, -0.2) is 19.6 Å². The highest BCUT2D eigenvalue weighted by molar-refractivity contribution is 6.35. The molecule has 2 aromatic heterocycles. The Balaban J connectivity index is 1.91. The molecular formula is C17H12ClN3O. The van der Waals surface area contributed by atoms with Crippen LogP contribution in [0.15, 0.2) is 54.7 Å². The first kappa shape index (κ1) is 13.1. The molecule has 0 radical (unpaired) electrons. The summed E-state index contributed by atoms with van der Waals surface area (Å²) >= 11 is 6.08. The Bertz CT molecular complexity index is 979. The molecule has 2 heterocycles. The monoisotopic (exact) mass is 309 g/mol. The maximum absolute atomic E-state index is 9.60. The van der Waals surface area contributed by atoms with E-state index < -0.39 is 0 Å². The van der Waals surface area contributed by atoms with Crippen molar-refractivity contribution < 1.29 is 5.11 Å². The summed E-state index contributed by atoms with van der Waals surface area (Å²) in [5.74, 6) is 0. The van der Waals surface area contributed by atoms with E-state index in [4.69, 9.17) is 11.6 Å². The zero-order chi connectivity index (χ0) is 15.1. The van der Waals surface area contributed by atoms with Gasteiger partial charge in [-0.05, 0) is 23.8 Å². The second-order valence-electron chi connectivity index (χ2n) is 5.14. The molecule has 4 aromatic rings. The quantitative estimate of drug-likeness (QED) is 0.570. The standard InChI is InChI=1S/C17H12ClN3O/c18-16-13-6-7-14-12(15(13)19-17(22)20-16)8-9-21(14)10-11-4-2-1-3-5-11/h1-9H,10H2,(H,19,20,22). The Morgan fingerprint density at radius 2 is 1.77 bits per heavy atom. The number of hydrogen-bond acceptors (Lipinski definition) is 3. The van der Waals surface area contributed by atoms with Gasteiger partial charge in [0.1, 0.15) is 5.15 Å².